The van der Waals surface area contributed by atoms with Crippen LogP contribution in [0.1, 0.15) is 167 Å². The summed E-state index contributed by atoms with van der Waals surface area (Å²) >= 11 is 0. The molecule has 3 unspecified atom stereocenters. The Morgan fingerprint density at radius 3 is 1.23 bits per heavy atom. The second-order valence-electron chi connectivity index (χ2n) is 27.4. The minimum atomic E-state index is -0.735. The van der Waals surface area contributed by atoms with Gasteiger partial charge in [-0.05, 0) is 145 Å². The number of hydrogen-bond acceptors (Lipinski definition) is 3. The highest BCUT2D eigenvalue weighted by molar-refractivity contribution is 5.90. The highest BCUT2D eigenvalue weighted by Gasteiger charge is 2.54. The molecule has 394 valence electrons. The van der Waals surface area contributed by atoms with Crippen LogP contribution in [0.3, 0.4) is 0 Å². The number of aromatic nitrogens is 1. The minimum Gasteiger partial charge on any atom is -0.362 e. The summed E-state index contributed by atoms with van der Waals surface area (Å²) in [5, 5.41) is 0. The smallest absolute Gasteiger partial charge is 0.118 e. The molecule has 1 aliphatic heterocycles. The van der Waals surface area contributed by atoms with Crippen LogP contribution in [0, 0.1) is 0 Å². The van der Waals surface area contributed by atoms with Gasteiger partial charge in [0.05, 0.1) is 23.2 Å². The molecule has 0 saturated carbocycles. The van der Waals surface area contributed by atoms with Crippen LogP contribution < -0.4 is 0 Å². The van der Waals surface area contributed by atoms with Gasteiger partial charge in [-0.2, -0.15) is 0 Å². The van der Waals surface area contributed by atoms with Crippen molar-refractivity contribution in [3.8, 4) is 33.4 Å². The molecule has 0 saturated heterocycles. The Balaban J connectivity index is 1.14. The summed E-state index contributed by atoms with van der Waals surface area (Å²) in [4.78, 5) is 10.4. The van der Waals surface area contributed by atoms with Crippen molar-refractivity contribution in [1.29, 1.82) is 0 Å². The normalized spacial score (nSPS) is 20.0. The third-order valence-electron chi connectivity index (χ3n) is 18.5. The van der Waals surface area contributed by atoms with Crippen molar-refractivity contribution in [2.45, 2.75) is 121 Å². The van der Waals surface area contributed by atoms with E-state index >= 15 is 0 Å². The lowest BCUT2D eigenvalue weighted by atomic mass is 9.64. The number of nitrogens with zero attached hydrogens (tertiary/aromatic N) is 3. The standard InChI is InChI=1S/C76H75N3/c1-70(2,3)49-32-35-65-60(44-49)57-26-14-17-29-63(57)74(65,54-23-21-25-56(43-54)76(79-41-40-78(13)48-79)67-31-19-16-28-59(67)62-46-51(72(7,8)9)34-37-68(62)76)53-22-20-24-55(42-53)75(69-47-52(38-39-77-69)73(10,11)12)64-30-18-15-27-58(64)61-45-50(71(4,5)6)33-36-66(61)75/h14-47H,48H2,1-13H3. The second kappa shape index (κ2) is 17.4. The van der Waals surface area contributed by atoms with Gasteiger partial charge < -0.3 is 9.80 Å². The molecule has 3 heteroatoms. The Morgan fingerprint density at radius 1 is 0.342 bits per heavy atom. The van der Waals surface area contributed by atoms with Crippen molar-refractivity contribution < 1.29 is 0 Å². The fraction of sp³-hybridized carbons (Fsp3) is 0.276. The Morgan fingerprint density at radius 2 is 0.722 bits per heavy atom. The third-order valence-corrected chi connectivity index (χ3v) is 18.5. The Kier molecular flexibility index (Phi) is 11.2. The van der Waals surface area contributed by atoms with Gasteiger partial charge in [0.25, 0.3) is 0 Å². The SMILES string of the molecule is CN1C=CN(C2(c3cccc(C4(c5cccc(C6(c7cc(C(C)(C)C)ccn7)c7ccccc7-c7cc(C(C)(C)C)ccc76)c5)c5ccccc5-c5cc(C(C)(C)C)ccc54)c3)c3ccccc3-c3cc(C(C)(C)C)ccc32)C1. The summed E-state index contributed by atoms with van der Waals surface area (Å²) in [6, 6.07) is 73.9. The maximum absolute atomic E-state index is 5.51. The van der Waals surface area contributed by atoms with E-state index in [2.05, 4.69) is 307 Å². The zero-order valence-electron chi connectivity index (χ0n) is 48.7. The van der Waals surface area contributed by atoms with Crippen molar-refractivity contribution in [3.05, 3.63) is 290 Å². The van der Waals surface area contributed by atoms with E-state index in [1.54, 1.807) is 0 Å². The lowest BCUT2D eigenvalue weighted by Gasteiger charge is -2.43. The molecule has 0 bridgehead atoms. The molecule has 0 spiro atoms. The molecule has 8 aromatic carbocycles. The van der Waals surface area contributed by atoms with E-state index in [9.17, 15) is 0 Å². The highest BCUT2D eigenvalue weighted by Crippen LogP contribution is 2.62. The summed E-state index contributed by atoms with van der Waals surface area (Å²) in [6.07, 6.45) is 6.62. The van der Waals surface area contributed by atoms with Crippen molar-refractivity contribution in [2.24, 2.45) is 0 Å². The maximum atomic E-state index is 5.51. The van der Waals surface area contributed by atoms with Gasteiger partial charge in [0, 0.05) is 25.6 Å². The van der Waals surface area contributed by atoms with Crippen molar-refractivity contribution >= 4 is 0 Å². The predicted octanol–water partition coefficient (Wildman–Crippen LogP) is 17.9. The van der Waals surface area contributed by atoms with Crippen LogP contribution in [-0.4, -0.2) is 28.5 Å². The molecule has 0 fully saturated rings. The van der Waals surface area contributed by atoms with Crippen molar-refractivity contribution in [1.82, 2.24) is 14.8 Å². The summed E-state index contributed by atoms with van der Waals surface area (Å²) < 4.78 is 0. The van der Waals surface area contributed by atoms with Crippen LogP contribution in [0.5, 0.6) is 0 Å². The predicted molar refractivity (Wildman–Crippen MR) is 329 cm³/mol. The van der Waals surface area contributed by atoms with Crippen molar-refractivity contribution in [3.63, 3.8) is 0 Å². The second-order valence-corrected chi connectivity index (χ2v) is 27.4. The summed E-state index contributed by atoms with van der Waals surface area (Å²) in [5.41, 5.74) is 24.5. The molecule has 9 aromatic rings. The lowest BCUT2D eigenvalue weighted by Crippen LogP contribution is -2.45. The van der Waals surface area contributed by atoms with Crippen LogP contribution in [0.15, 0.2) is 207 Å². The molecule has 1 aromatic heterocycles. The molecular formula is C76H75N3. The molecule has 0 radical (unpaired) electrons. The number of benzene rings is 8. The first-order valence-electron chi connectivity index (χ1n) is 28.7. The number of pyridine rings is 1. The first kappa shape index (κ1) is 50.7. The Hall–Kier alpha value is -7.75. The molecule has 79 heavy (non-hydrogen) atoms. The summed E-state index contributed by atoms with van der Waals surface area (Å²) in [6.45, 7) is 28.7. The monoisotopic (exact) mass is 1030 g/mol. The van der Waals surface area contributed by atoms with Crippen LogP contribution in [0.4, 0.5) is 0 Å². The molecule has 4 aliphatic rings. The minimum absolute atomic E-state index is 0.0119. The van der Waals surface area contributed by atoms with Crippen LogP contribution in [0.2, 0.25) is 0 Å². The largest absolute Gasteiger partial charge is 0.362 e. The molecule has 3 aliphatic carbocycles. The van der Waals surface area contributed by atoms with E-state index < -0.39 is 16.4 Å². The van der Waals surface area contributed by atoms with Gasteiger partial charge in [-0.15, -0.1) is 0 Å². The lowest BCUT2D eigenvalue weighted by molar-refractivity contribution is 0.198. The summed E-state index contributed by atoms with van der Waals surface area (Å²) in [7, 11) is 2.19. The van der Waals surface area contributed by atoms with E-state index in [4.69, 9.17) is 4.98 Å². The fourth-order valence-corrected chi connectivity index (χ4v) is 14.4. The maximum Gasteiger partial charge on any atom is 0.118 e. The average Bonchev–Trinajstić information content (AvgIpc) is 3.51. The van der Waals surface area contributed by atoms with E-state index in [0.29, 0.717) is 0 Å². The third kappa shape index (κ3) is 7.33. The first-order valence-corrected chi connectivity index (χ1v) is 28.7. The van der Waals surface area contributed by atoms with E-state index in [1.165, 1.54) is 111 Å². The van der Waals surface area contributed by atoms with Gasteiger partial charge in [-0.25, -0.2) is 0 Å². The average molecular weight is 1030 g/mol. The fourth-order valence-electron chi connectivity index (χ4n) is 14.4. The van der Waals surface area contributed by atoms with E-state index in [0.717, 1.165) is 12.4 Å². The van der Waals surface area contributed by atoms with Gasteiger partial charge in [0.2, 0.25) is 0 Å². The number of hydrogen-bond donors (Lipinski definition) is 0. The molecular weight excluding hydrogens is 955 g/mol. The Labute approximate surface area is 470 Å². The van der Waals surface area contributed by atoms with Crippen LogP contribution >= 0.6 is 0 Å². The Bertz CT molecular complexity index is 3970. The zero-order chi connectivity index (χ0) is 55.2. The van der Waals surface area contributed by atoms with Gasteiger partial charge >= 0.3 is 0 Å². The van der Waals surface area contributed by atoms with Crippen LogP contribution in [0.25, 0.3) is 33.4 Å². The van der Waals surface area contributed by atoms with Gasteiger partial charge in [-0.3, -0.25) is 4.98 Å². The molecule has 13 rings (SSSR count). The molecule has 0 amide bonds. The molecule has 3 atom stereocenters. The van der Waals surface area contributed by atoms with Gasteiger partial charge in [0.1, 0.15) is 5.54 Å². The van der Waals surface area contributed by atoms with Gasteiger partial charge in [0.15, 0.2) is 0 Å². The molecule has 3 nitrogen and oxygen atoms in total. The number of rotatable bonds is 6. The topological polar surface area (TPSA) is 19.4 Å². The van der Waals surface area contributed by atoms with Gasteiger partial charge in [-0.1, -0.05) is 259 Å². The highest BCUT2D eigenvalue weighted by atomic mass is 15.4. The van der Waals surface area contributed by atoms with E-state index in [-0.39, 0.29) is 21.7 Å². The zero-order valence-corrected chi connectivity index (χ0v) is 48.7. The first-order chi connectivity index (χ1) is 37.6. The quantitative estimate of drug-likeness (QED) is 0.165. The molecule has 0 N–H and O–H groups in total. The van der Waals surface area contributed by atoms with Crippen LogP contribution in [-0.2, 0) is 38.0 Å². The number of fused-ring (bicyclic) bond motifs is 9. The van der Waals surface area contributed by atoms with Crippen molar-refractivity contribution in [2.75, 3.05) is 13.7 Å². The molecule has 2 heterocycles. The summed E-state index contributed by atoms with van der Waals surface area (Å²) in [5.74, 6) is 0. The van der Waals surface area contributed by atoms with E-state index in [1.807, 2.05) is 0 Å².